The van der Waals surface area contributed by atoms with Crippen molar-refractivity contribution in [2.24, 2.45) is 7.05 Å². The fraction of sp³-hybridized carbons (Fsp3) is 0.500. The van der Waals surface area contributed by atoms with Crippen molar-refractivity contribution < 1.29 is 4.79 Å². The topological polar surface area (TPSA) is 46.1 Å². The molecule has 0 aliphatic carbocycles. The van der Waals surface area contributed by atoms with Crippen LogP contribution in [0.2, 0.25) is 0 Å². The van der Waals surface area contributed by atoms with Crippen molar-refractivity contribution in [1.82, 2.24) is 15.2 Å². The van der Waals surface area contributed by atoms with E-state index in [1.54, 1.807) is 7.05 Å². The Morgan fingerprint density at radius 3 is 2.73 bits per heavy atom. The molecule has 0 radical (unpaired) electrons. The molecule has 0 saturated heterocycles. The SMILES string of the molecule is CNC(=O)[C@@H](C)NCc1cccn1C.Cl. The van der Waals surface area contributed by atoms with Crippen LogP contribution in [-0.2, 0) is 18.4 Å². The van der Waals surface area contributed by atoms with Gasteiger partial charge in [-0.15, -0.1) is 12.4 Å². The van der Waals surface area contributed by atoms with Gasteiger partial charge in [-0.05, 0) is 19.1 Å². The van der Waals surface area contributed by atoms with Gasteiger partial charge in [0.25, 0.3) is 0 Å². The molecule has 0 aromatic carbocycles. The van der Waals surface area contributed by atoms with Crippen LogP contribution >= 0.6 is 12.4 Å². The van der Waals surface area contributed by atoms with Gasteiger partial charge in [-0.2, -0.15) is 0 Å². The van der Waals surface area contributed by atoms with E-state index in [0.29, 0.717) is 6.54 Å². The van der Waals surface area contributed by atoms with Crippen LogP contribution in [0.1, 0.15) is 12.6 Å². The minimum atomic E-state index is -0.158. The second kappa shape index (κ2) is 6.48. The fourth-order valence-corrected chi connectivity index (χ4v) is 1.25. The third-order valence-corrected chi connectivity index (χ3v) is 2.28. The summed E-state index contributed by atoms with van der Waals surface area (Å²) in [6, 6.07) is 3.86. The molecule has 15 heavy (non-hydrogen) atoms. The molecule has 0 saturated carbocycles. The highest BCUT2D eigenvalue weighted by molar-refractivity contribution is 5.85. The van der Waals surface area contributed by atoms with Crippen LogP contribution in [0.5, 0.6) is 0 Å². The number of likely N-dealkylation sites (N-methyl/N-ethyl adjacent to an activating group) is 1. The zero-order valence-corrected chi connectivity index (χ0v) is 10.1. The predicted octanol–water partition coefficient (Wildman–Crippen LogP) is 0.671. The van der Waals surface area contributed by atoms with Gasteiger partial charge >= 0.3 is 0 Å². The first kappa shape index (κ1) is 14.0. The van der Waals surface area contributed by atoms with Crippen LogP contribution in [-0.4, -0.2) is 23.6 Å². The van der Waals surface area contributed by atoms with Gasteiger partial charge in [-0.1, -0.05) is 0 Å². The Labute approximate surface area is 96.5 Å². The molecule has 0 spiro atoms. The first-order chi connectivity index (χ1) is 6.65. The molecule has 1 aromatic heterocycles. The summed E-state index contributed by atoms with van der Waals surface area (Å²) in [5.41, 5.74) is 1.17. The summed E-state index contributed by atoms with van der Waals surface area (Å²) in [5, 5.41) is 5.74. The maximum absolute atomic E-state index is 11.2. The molecular weight excluding hydrogens is 214 g/mol. The molecule has 1 aromatic rings. The normalized spacial score (nSPS) is 11.7. The maximum atomic E-state index is 11.2. The first-order valence-electron chi connectivity index (χ1n) is 4.70. The highest BCUT2D eigenvalue weighted by Crippen LogP contribution is 1.99. The molecular formula is C10H18ClN3O. The maximum Gasteiger partial charge on any atom is 0.236 e. The Balaban J connectivity index is 0.00000196. The van der Waals surface area contributed by atoms with Gasteiger partial charge in [0.05, 0.1) is 6.04 Å². The van der Waals surface area contributed by atoms with Crippen LogP contribution < -0.4 is 10.6 Å². The average Bonchev–Trinajstić information content (AvgIpc) is 2.59. The number of nitrogens with one attached hydrogen (secondary N) is 2. The number of nitrogens with zero attached hydrogens (tertiary/aromatic N) is 1. The molecule has 1 rings (SSSR count). The molecule has 2 N–H and O–H groups in total. The zero-order valence-electron chi connectivity index (χ0n) is 9.28. The van der Waals surface area contributed by atoms with E-state index in [9.17, 15) is 4.79 Å². The van der Waals surface area contributed by atoms with Crippen LogP contribution in [0.25, 0.3) is 0 Å². The number of hydrogen-bond donors (Lipinski definition) is 2. The van der Waals surface area contributed by atoms with Gasteiger partial charge < -0.3 is 15.2 Å². The third-order valence-electron chi connectivity index (χ3n) is 2.28. The summed E-state index contributed by atoms with van der Waals surface area (Å²) in [7, 11) is 3.63. The van der Waals surface area contributed by atoms with Crippen molar-refractivity contribution in [2.45, 2.75) is 19.5 Å². The summed E-state index contributed by atoms with van der Waals surface area (Å²) in [5.74, 6) is 0.0132. The molecule has 1 amide bonds. The number of amides is 1. The number of carbonyl (C=O) groups is 1. The molecule has 0 unspecified atom stereocenters. The van der Waals surface area contributed by atoms with Gasteiger partial charge in [-0.3, -0.25) is 4.79 Å². The van der Waals surface area contributed by atoms with E-state index in [0.717, 1.165) is 0 Å². The third kappa shape index (κ3) is 3.93. The molecule has 1 heterocycles. The molecule has 86 valence electrons. The summed E-state index contributed by atoms with van der Waals surface area (Å²) >= 11 is 0. The van der Waals surface area contributed by atoms with Crippen molar-refractivity contribution in [2.75, 3.05) is 7.05 Å². The molecule has 5 heteroatoms. The van der Waals surface area contributed by atoms with E-state index in [4.69, 9.17) is 0 Å². The summed E-state index contributed by atoms with van der Waals surface area (Å²) in [6.45, 7) is 2.56. The highest BCUT2D eigenvalue weighted by atomic mass is 35.5. The highest BCUT2D eigenvalue weighted by Gasteiger charge is 2.09. The molecule has 1 atom stereocenters. The Morgan fingerprint density at radius 2 is 2.27 bits per heavy atom. The smallest absolute Gasteiger partial charge is 0.236 e. The second-order valence-electron chi connectivity index (χ2n) is 3.33. The van der Waals surface area contributed by atoms with E-state index in [2.05, 4.69) is 10.6 Å². The molecule has 0 aliphatic heterocycles. The van der Waals surface area contributed by atoms with Crippen molar-refractivity contribution in [3.63, 3.8) is 0 Å². The minimum Gasteiger partial charge on any atom is -0.358 e. The lowest BCUT2D eigenvalue weighted by molar-refractivity contribution is -0.122. The average molecular weight is 232 g/mol. The number of aromatic nitrogens is 1. The van der Waals surface area contributed by atoms with Crippen LogP contribution in [0, 0.1) is 0 Å². The van der Waals surface area contributed by atoms with Crippen LogP contribution in [0.15, 0.2) is 18.3 Å². The fourth-order valence-electron chi connectivity index (χ4n) is 1.25. The monoisotopic (exact) mass is 231 g/mol. The van der Waals surface area contributed by atoms with Crippen molar-refractivity contribution >= 4 is 18.3 Å². The molecule has 4 nitrogen and oxygen atoms in total. The number of rotatable bonds is 4. The van der Waals surface area contributed by atoms with E-state index in [1.165, 1.54) is 5.69 Å². The van der Waals surface area contributed by atoms with Gasteiger partial charge in [0.15, 0.2) is 0 Å². The van der Waals surface area contributed by atoms with E-state index in [-0.39, 0.29) is 24.4 Å². The first-order valence-corrected chi connectivity index (χ1v) is 4.70. The number of aryl methyl sites for hydroxylation is 1. The van der Waals surface area contributed by atoms with E-state index < -0.39 is 0 Å². The quantitative estimate of drug-likeness (QED) is 0.800. The van der Waals surface area contributed by atoms with Crippen molar-refractivity contribution in [1.29, 1.82) is 0 Å². The van der Waals surface area contributed by atoms with Crippen LogP contribution in [0.3, 0.4) is 0 Å². The Bertz CT molecular complexity index is 311. The van der Waals surface area contributed by atoms with Gasteiger partial charge in [0.1, 0.15) is 0 Å². The Morgan fingerprint density at radius 1 is 1.60 bits per heavy atom. The number of halogens is 1. The van der Waals surface area contributed by atoms with Gasteiger partial charge in [0.2, 0.25) is 5.91 Å². The van der Waals surface area contributed by atoms with Gasteiger partial charge in [0, 0.05) is 32.5 Å². The van der Waals surface area contributed by atoms with Gasteiger partial charge in [-0.25, -0.2) is 0 Å². The zero-order chi connectivity index (χ0) is 10.6. The number of carbonyl (C=O) groups excluding carboxylic acids is 1. The summed E-state index contributed by atoms with van der Waals surface area (Å²) < 4.78 is 2.03. The van der Waals surface area contributed by atoms with Crippen molar-refractivity contribution in [3.8, 4) is 0 Å². The Kier molecular flexibility index (Phi) is 6.05. The molecule has 0 bridgehead atoms. The number of hydrogen-bond acceptors (Lipinski definition) is 2. The minimum absolute atomic E-state index is 0. The molecule has 0 aliphatic rings. The summed E-state index contributed by atoms with van der Waals surface area (Å²) in [6.07, 6.45) is 1.99. The van der Waals surface area contributed by atoms with E-state index >= 15 is 0 Å². The lowest BCUT2D eigenvalue weighted by Gasteiger charge is -2.12. The Hall–Kier alpha value is -1.00. The van der Waals surface area contributed by atoms with Crippen LogP contribution in [0.4, 0.5) is 0 Å². The second-order valence-corrected chi connectivity index (χ2v) is 3.33. The standard InChI is InChI=1S/C10H17N3O.ClH/c1-8(10(14)11-2)12-7-9-5-4-6-13(9)3;/h4-6,8,12H,7H2,1-3H3,(H,11,14);1H/t8-;/m1./s1. The lowest BCUT2D eigenvalue weighted by atomic mass is 10.3. The summed E-state index contributed by atoms with van der Waals surface area (Å²) in [4.78, 5) is 11.2. The van der Waals surface area contributed by atoms with E-state index in [1.807, 2.05) is 36.9 Å². The molecule has 0 fully saturated rings. The lowest BCUT2D eigenvalue weighted by Crippen LogP contribution is -2.40. The van der Waals surface area contributed by atoms with Crippen molar-refractivity contribution in [3.05, 3.63) is 24.0 Å². The predicted molar refractivity (Wildman–Crippen MR) is 63.0 cm³/mol. The largest absolute Gasteiger partial charge is 0.358 e.